The summed E-state index contributed by atoms with van der Waals surface area (Å²) in [6.45, 7) is 1.18. The second-order valence-corrected chi connectivity index (χ2v) is 12.8. The van der Waals surface area contributed by atoms with Crippen molar-refractivity contribution in [3.63, 3.8) is 0 Å². The highest BCUT2D eigenvalue weighted by Gasteiger charge is 2.36. The lowest BCUT2D eigenvalue weighted by molar-refractivity contribution is -0.139. The molecule has 0 spiro atoms. The highest BCUT2D eigenvalue weighted by molar-refractivity contribution is 7.99. The van der Waals surface area contributed by atoms with Crippen LogP contribution in [0, 0.1) is 0 Å². The maximum absolute atomic E-state index is 13.6. The molecule has 11 heteroatoms. The van der Waals surface area contributed by atoms with E-state index in [9.17, 15) is 21.6 Å². The molecular weight excluding hydrogens is 569 g/mol. The van der Waals surface area contributed by atoms with Crippen LogP contribution in [0.15, 0.2) is 69.3 Å². The molecule has 1 fully saturated rings. The summed E-state index contributed by atoms with van der Waals surface area (Å²) in [6, 6.07) is 13.7. The van der Waals surface area contributed by atoms with Gasteiger partial charge in [-0.2, -0.15) is 13.2 Å². The fourth-order valence-electron chi connectivity index (χ4n) is 4.65. The Hall–Kier alpha value is -2.66. The van der Waals surface area contributed by atoms with Crippen molar-refractivity contribution in [2.45, 2.75) is 46.2 Å². The highest BCUT2D eigenvalue weighted by atomic mass is 35.5. The Morgan fingerprint density at radius 3 is 2.41 bits per heavy atom. The Morgan fingerprint density at radius 1 is 1.00 bits per heavy atom. The number of benzene rings is 3. The maximum atomic E-state index is 13.6. The first-order valence-electron chi connectivity index (χ1n) is 12.3. The van der Waals surface area contributed by atoms with Crippen LogP contribution in [-0.4, -0.2) is 39.6 Å². The van der Waals surface area contributed by atoms with Gasteiger partial charge in [-0.25, -0.2) is 8.42 Å². The van der Waals surface area contributed by atoms with E-state index in [1.54, 1.807) is 12.1 Å². The van der Waals surface area contributed by atoms with Gasteiger partial charge in [0.25, 0.3) is 10.0 Å². The second kappa shape index (κ2) is 11.1. The number of nitrogens with zero attached hydrogens (tertiary/aromatic N) is 1. The Labute approximate surface area is 234 Å². The third-order valence-electron chi connectivity index (χ3n) is 6.56. The molecule has 3 aromatic carbocycles. The van der Waals surface area contributed by atoms with Crippen LogP contribution in [0.2, 0.25) is 5.02 Å². The Morgan fingerprint density at radius 2 is 1.72 bits per heavy atom. The van der Waals surface area contributed by atoms with Crippen LogP contribution in [0.5, 0.6) is 5.75 Å². The molecule has 1 atom stereocenters. The van der Waals surface area contributed by atoms with E-state index >= 15 is 0 Å². The van der Waals surface area contributed by atoms with Crippen molar-refractivity contribution in [1.82, 2.24) is 4.90 Å². The van der Waals surface area contributed by atoms with Crippen molar-refractivity contribution in [1.29, 1.82) is 0 Å². The molecule has 0 bridgehead atoms. The molecule has 1 saturated heterocycles. The van der Waals surface area contributed by atoms with E-state index in [0.29, 0.717) is 19.5 Å². The Kier molecular flexibility index (Phi) is 7.92. The van der Waals surface area contributed by atoms with E-state index in [2.05, 4.69) is 29.0 Å². The van der Waals surface area contributed by atoms with E-state index in [-0.39, 0.29) is 15.6 Å². The van der Waals surface area contributed by atoms with Gasteiger partial charge in [0.15, 0.2) is 0 Å². The van der Waals surface area contributed by atoms with Gasteiger partial charge in [0.2, 0.25) is 0 Å². The van der Waals surface area contributed by atoms with Crippen molar-refractivity contribution < 1.29 is 26.3 Å². The number of nitrogens with one attached hydrogen (secondary N) is 1. The van der Waals surface area contributed by atoms with Gasteiger partial charge in [-0.05, 0) is 79.2 Å². The zero-order valence-corrected chi connectivity index (χ0v) is 23.4. The van der Waals surface area contributed by atoms with Crippen LogP contribution in [0.4, 0.5) is 18.9 Å². The standard InChI is InChI=1S/C28H26ClF3N2O3S2/c1-34-13-12-21(17-34)37-26-15-20(7-10-24(26)28(30,31)32)33-39(35,36)27-11-9-23(16-25(27)29)38-22-8-6-18-4-2-3-5-19(18)14-22/h4-11,14-16,21,33H,2-3,12-13,17H2,1H3/t21-/m1/s1. The lowest BCUT2D eigenvalue weighted by Crippen LogP contribution is -2.26. The molecule has 0 saturated carbocycles. The average Bonchev–Trinajstić information content (AvgIpc) is 3.27. The molecule has 1 aliphatic heterocycles. The molecule has 1 N–H and O–H groups in total. The SMILES string of the molecule is CN1CC[C@@H](Oc2cc(NS(=O)(=O)c3ccc(Sc4ccc5c(c4)=CCCC=5)cc3Cl)ccc2C(F)(F)F)C1. The molecule has 1 aliphatic carbocycles. The first-order chi connectivity index (χ1) is 18.5. The fourth-order valence-corrected chi connectivity index (χ4v) is 7.22. The molecule has 0 amide bonds. The van der Waals surface area contributed by atoms with Crippen molar-refractivity contribution in [3.05, 3.63) is 75.6 Å². The minimum absolute atomic E-state index is 0.00253. The molecule has 39 heavy (non-hydrogen) atoms. The summed E-state index contributed by atoms with van der Waals surface area (Å²) in [5, 5.41) is 2.37. The number of likely N-dealkylation sites (tertiary alicyclic amines) is 1. The first kappa shape index (κ1) is 27.9. The largest absolute Gasteiger partial charge is 0.488 e. The van der Waals surface area contributed by atoms with Crippen molar-refractivity contribution >= 4 is 51.2 Å². The average molecular weight is 595 g/mol. The topological polar surface area (TPSA) is 58.6 Å². The number of hydrogen-bond acceptors (Lipinski definition) is 5. The van der Waals surface area contributed by atoms with Crippen molar-refractivity contribution in [2.24, 2.45) is 0 Å². The summed E-state index contributed by atoms with van der Waals surface area (Å²) < 4.78 is 75.2. The van der Waals surface area contributed by atoms with Gasteiger partial charge in [0.1, 0.15) is 16.7 Å². The van der Waals surface area contributed by atoms with E-state index < -0.39 is 33.6 Å². The number of sulfonamides is 1. The predicted octanol–water partition coefficient (Wildman–Crippen LogP) is 5.75. The second-order valence-electron chi connectivity index (χ2n) is 9.58. The molecule has 2 aliphatic rings. The molecule has 0 radical (unpaired) electrons. The summed E-state index contributed by atoms with van der Waals surface area (Å²) >= 11 is 7.84. The van der Waals surface area contributed by atoms with Crippen molar-refractivity contribution in [2.75, 3.05) is 24.9 Å². The number of alkyl halides is 3. The summed E-state index contributed by atoms with van der Waals surface area (Å²) in [6.07, 6.45) is 1.92. The van der Waals surface area contributed by atoms with Gasteiger partial charge in [0, 0.05) is 28.9 Å². The van der Waals surface area contributed by atoms with Gasteiger partial charge < -0.3 is 9.64 Å². The minimum Gasteiger partial charge on any atom is -0.488 e. The molecule has 3 aromatic rings. The maximum Gasteiger partial charge on any atom is 0.419 e. The van der Waals surface area contributed by atoms with Gasteiger partial charge in [-0.3, -0.25) is 4.72 Å². The number of ether oxygens (including phenoxy) is 1. The Bertz CT molecular complexity index is 1630. The van der Waals surface area contributed by atoms with Crippen molar-refractivity contribution in [3.8, 4) is 5.75 Å². The number of hydrogen-bond donors (Lipinski definition) is 1. The van der Waals surface area contributed by atoms with Crippen LogP contribution < -0.4 is 19.9 Å². The van der Waals surface area contributed by atoms with E-state index in [4.69, 9.17) is 16.3 Å². The van der Waals surface area contributed by atoms with Gasteiger partial charge in [-0.15, -0.1) is 0 Å². The number of likely N-dealkylation sites (N-methyl/N-ethyl adjacent to an activating group) is 1. The molecule has 0 aromatic heterocycles. The molecule has 0 unspecified atom stereocenters. The summed E-state index contributed by atoms with van der Waals surface area (Å²) in [4.78, 5) is 3.53. The van der Waals surface area contributed by atoms with E-state index in [1.807, 2.05) is 18.0 Å². The molecule has 1 heterocycles. The summed E-state index contributed by atoms with van der Waals surface area (Å²) in [5.41, 5.74) is -1.02. The van der Waals surface area contributed by atoms with Gasteiger partial charge in [-0.1, -0.05) is 41.6 Å². The lowest BCUT2D eigenvalue weighted by Gasteiger charge is -2.19. The van der Waals surface area contributed by atoms with Crippen LogP contribution in [-0.2, 0) is 16.2 Å². The van der Waals surface area contributed by atoms with Crippen LogP contribution >= 0.6 is 23.4 Å². The molecular formula is C28H26ClF3N2O3S2. The van der Waals surface area contributed by atoms with E-state index in [1.165, 1.54) is 28.3 Å². The number of rotatable bonds is 7. The summed E-state index contributed by atoms with van der Waals surface area (Å²) in [7, 11) is -2.33. The Balaban J connectivity index is 1.36. The number of anilines is 1. The number of fused-ring (bicyclic) bond motifs is 1. The number of halogens is 4. The van der Waals surface area contributed by atoms with Crippen LogP contribution in [0.25, 0.3) is 12.2 Å². The fraction of sp³-hybridized carbons (Fsp3) is 0.286. The van der Waals surface area contributed by atoms with Crippen LogP contribution in [0.1, 0.15) is 24.8 Å². The highest BCUT2D eigenvalue weighted by Crippen LogP contribution is 2.39. The molecule has 5 rings (SSSR count). The summed E-state index contributed by atoms with van der Waals surface area (Å²) in [5.74, 6) is -0.416. The zero-order valence-electron chi connectivity index (χ0n) is 21.0. The molecule has 206 valence electrons. The predicted molar refractivity (Wildman–Crippen MR) is 148 cm³/mol. The first-order valence-corrected chi connectivity index (χ1v) is 15.0. The minimum atomic E-state index is -4.65. The third-order valence-corrected chi connectivity index (χ3v) is 9.41. The van der Waals surface area contributed by atoms with Gasteiger partial charge in [0.05, 0.1) is 16.3 Å². The monoisotopic (exact) mass is 594 g/mol. The van der Waals surface area contributed by atoms with Crippen LogP contribution in [0.3, 0.4) is 0 Å². The third kappa shape index (κ3) is 6.57. The zero-order chi connectivity index (χ0) is 27.8. The molecule has 5 nitrogen and oxygen atoms in total. The lowest BCUT2D eigenvalue weighted by atomic mass is 10.1. The normalized spacial score (nSPS) is 17.7. The smallest absolute Gasteiger partial charge is 0.419 e. The quantitative estimate of drug-likeness (QED) is 0.378. The van der Waals surface area contributed by atoms with Gasteiger partial charge >= 0.3 is 6.18 Å². The van der Waals surface area contributed by atoms with E-state index in [0.717, 1.165) is 40.8 Å².